The molecule has 2 heterocycles. The fourth-order valence-corrected chi connectivity index (χ4v) is 4.32. The second kappa shape index (κ2) is 7.94. The van der Waals surface area contributed by atoms with Crippen LogP contribution in [0.1, 0.15) is 11.4 Å². The number of rotatable bonds is 6. The Bertz CT molecular complexity index is 1170. The SMILES string of the molecule is COc1ccccc1Cc1nc2scc(-c3ccccc3)c2c(=O)n1CCF. The van der Waals surface area contributed by atoms with Gasteiger partial charge in [0.15, 0.2) is 0 Å². The summed E-state index contributed by atoms with van der Waals surface area (Å²) in [4.78, 5) is 18.7. The van der Waals surface area contributed by atoms with Crippen molar-refractivity contribution in [3.63, 3.8) is 0 Å². The molecule has 0 aliphatic carbocycles. The molecule has 142 valence electrons. The maximum atomic E-state index is 13.3. The number of methoxy groups -OCH3 is 1. The maximum Gasteiger partial charge on any atom is 0.262 e. The number of halogens is 1. The highest BCUT2D eigenvalue weighted by atomic mass is 32.1. The van der Waals surface area contributed by atoms with Crippen molar-refractivity contribution < 1.29 is 9.13 Å². The van der Waals surface area contributed by atoms with Crippen LogP contribution in [0.2, 0.25) is 0 Å². The Kier molecular flexibility index (Phi) is 5.21. The molecule has 4 nitrogen and oxygen atoms in total. The van der Waals surface area contributed by atoms with E-state index in [0.29, 0.717) is 22.5 Å². The molecule has 0 radical (unpaired) electrons. The number of fused-ring (bicyclic) bond motifs is 1. The van der Waals surface area contributed by atoms with Crippen LogP contribution in [0.5, 0.6) is 5.75 Å². The highest BCUT2D eigenvalue weighted by molar-refractivity contribution is 7.17. The van der Waals surface area contributed by atoms with Crippen molar-refractivity contribution in [2.45, 2.75) is 13.0 Å². The van der Waals surface area contributed by atoms with Crippen molar-refractivity contribution in [3.05, 3.63) is 81.7 Å². The van der Waals surface area contributed by atoms with Gasteiger partial charge in [0.2, 0.25) is 0 Å². The molecule has 0 saturated carbocycles. The summed E-state index contributed by atoms with van der Waals surface area (Å²) in [6, 6.07) is 17.3. The van der Waals surface area contributed by atoms with Crippen molar-refractivity contribution in [1.82, 2.24) is 9.55 Å². The van der Waals surface area contributed by atoms with E-state index < -0.39 is 6.67 Å². The van der Waals surface area contributed by atoms with Crippen LogP contribution in [0.15, 0.2) is 64.8 Å². The van der Waals surface area contributed by atoms with Crippen LogP contribution >= 0.6 is 11.3 Å². The molecule has 0 fully saturated rings. The Balaban J connectivity index is 1.88. The fraction of sp³-hybridized carbons (Fsp3) is 0.182. The van der Waals surface area contributed by atoms with E-state index in [1.807, 2.05) is 60.0 Å². The van der Waals surface area contributed by atoms with Crippen molar-refractivity contribution >= 4 is 21.6 Å². The van der Waals surface area contributed by atoms with Gasteiger partial charge in [-0.2, -0.15) is 0 Å². The number of benzene rings is 2. The normalized spacial score (nSPS) is 11.1. The van der Waals surface area contributed by atoms with E-state index >= 15 is 0 Å². The number of ether oxygens (including phenoxy) is 1. The van der Waals surface area contributed by atoms with Crippen molar-refractivity contribution in [1.29, 1.82) is 0 Å². The zero-order valence-corrected chi connectivity index (χ0v) is 16.2. The van der Waals surface area contributed by atoms with Gasteiger partial charge in [-0.15, -0.1) is 11.3 Å². The molecule has 6 heteroatoms. The second-order valence-electron chi connectivity index (χ2n) is 6.36. The summed E-state index contributed by atoms with van der Waals surface area (Å²) in [5.41, 5.74) is 2.50. The number of alkyl halides is 1. The lowest BCUT2D eigenvalue weighted by molar-refractivity contribution is 0.408. The number of para-hydroxylation sites is 1. The quantitative estimate of drug-likeness (QED) is 0.476. The van der Waals surface area contributed by atoms with Gasteiger partial charge >= 0.3 is 0 Å². The minimum Gasteiger partial charge on any atom is -0.496 e. The number of hydrogen-bond donors (Lipinski definition) is 0. The molecule has 0 aliphatic heterocycles. The highest BCUT2D eigenvalue weighted by Gasteiger charge is 2.18. The van der Waals surface area contributed by atoms with Crippen LogP contribution in [0, 0.1) is 0 Å². The predicted octanol–water partition coefficient (Wildman–Crippen LogP) is 4.69. The molecule has 0 aliphatic rings. The smallest absolute Gasteiger partial charge is 0.262 e. The average molecular weight is 394 g/mol. The number of hydrogen-bond acceptors (Lipinski definition) is 4. The molecular formula is C22H19FN2O2S. The first-order valence-electron chi connectivity index (χ1n) is 8.97. The first-order chi connectivity index (χ1) is 13.7. The van der Waals surface area contributed by atoms with E-state index in [2.05, 4.69) is 0 Å². The molecule has 0 N–H and O–H groups in total. The molecule has 4 rings (SSSR count). The average Bonchev–Trinajstić information content (AvgIpc) is 3.16. The zero-order chi connectivity index (χ0) is 19.5. The molecule has 28 heavy (non-hydrogen) atoms. The predicted molar refractivity (Wildman–Crippen MR) is 111 cm³/mol. The van der Waals surface area contributed by atoms with Gasteiger partial charge in [0.1, 0.15) is 23.1 Å². The third kappa shape index (κ3) is 3.31. The van der Waals surface area contributed by atoms with Crippen molar-refractivity contribution in [3.8, 4) is 16.9 Å². The van der Waals surface area contributed by atoms with Gasteiger partial charge in [-0.1, -0.05) is 48.5 Å². The highest BCUT2D eigenvalue weighted by Crippen LogP contribution is 2.31. The fourth-order valence-electron chi connectivity index (χ4n) is 3.37. The zero-order valence-electron chi connectivity index (χ0n) is 15.4. The van der Waals surface area contributed by atoms with Crippen molar-refractivity contribution in [2.75, 3.05) is 13.8 Å². The Hall–Kier alpha value is -2.99. The third-order valence-corrected chi connectivity index (χ3v) is 5.58. The first kappa shape index (κ1) is 18.4. The minimum absolute atomic E-state index is 0.0175. The molecule has 4 aromatic rings. The lowest BCUT2D eigenvalue weighted by atomic mass is 10.1. The van der Waals surface area contributed by atoms with E-state index in [1.165, 1.54) is 15.9 Å². The van der Waals surface area contributed by atoms with Crippen LogP contribution in [0.3, 0.4) is 0 Å². The Morgan fingerprint density at radius 1 is 1.11 bits per heavy atom. The van der Waals surface area contributed by atoms with Crippen LogP contribution in [0.4, 0.5) is 4.39 Å². The Morgan fingerprint density at radius 2 is 1.86 bits per heavy atom. The van der Waals surface area contributed by atoms with Crippen LogP contribution < -0.4 is 10.3 Å². The lowest BCUT2D eigenvalue weighted by Crippen LogP contribution is -2.26. The van der Waals surface area contributed by atoms with E-state index in [-0.39, 0.29) is 12.1 Å². The van der Waals surface area contributed by atoms with Gasteiger partial charge in [0.05, 0.1) is 19.0 Å². The van der Waals surface area contributed by atoms with Crippen molar-refractivity contribution in [2.24, 2.45) is 0 Å². The maximum absolute atomic E-state index is 13.3. The summed E-state index contributed by atoms with van der Waals surface area (Å²) in [5, 5.41) is 2.49. The standard InChI is InChI=1S/C22H19FN2O2S/c1-27-18-10-6-5-9-16(18)13-19-24-21-20(22(26)25(19)12-11-23)17(14-28-21)15-7-3-2-4-8-15/h2-10,14H,11-13H2,1H3. The van der Waals surface area contributed by atoms with Crippen LogP contribution in [-0.2, 0) is 13.0 Å². The topological polar surface area (TPSA) is 44.1 Å². The second-order valence-corrected chi connectivity index (χ2v) is 7.22. The van der Waals surface area contributed by atoms with E-state index in [0.717, 1.165) is 22.4 Å². The van der Waals surface area contributed by atoms with E-state index in [1.54, 1.807) is 7.11 Å². The van der Waals surface area contributed by atoms with Gasteiger partial charge < -0.3 is 4.74 Å². The summed E-state index contributed by atoms with van der Waals surface area (Å²) >= 11 is 1.43. The summed E-state index contributed by atoms with van der Waals surface area (Å²) < 4.78 is 20.1. The molecule has 0 saturated heterocycles. The summed E-state index contributed by atoms with van der Waals surface area (Å²) in [7, 11) is 1.61. The van der Waals surface area contributed by atoms with Gasteiger partial charge in [-0.25, -0.2) is 9.37 Å². The lowest BCUT2D eigenvalue weighted by Gasteiger charge is -2.13. The van der Waals surface area contributed by atoms with Gasteiger partial charge in [-0.05, 0) is 11.6 Å². The first-order valence-corrected chi connectivity index (χ1v) is 9.85. The molecule has 0 amide bonds. The van der Waals surface area contributed by atoms with Gasteiger partial charge in [-0.3, -0.25) is 9.36 Å². The Labute approximate surface area is 165 Å². The molecule has 2 aromatic carbocycles. The number of thiophene rings is 1. The molecule has 0 atom stereocenters. The van der Waals surface area contributed by atoms with Crippen LogP contribution in [-0.4, -0.2) is 23.3 Å². The van der Waals surface area contributed by atoms with Gasteiger partial charge in [0, 0.05) is 22.9 Å². The number of aromatic nitrogens is 2. The molecule has 2 aromatic heterocycles. The summed E-state index contributed by atoms with van der Waals surface area (Å²) in [5.74, 6) is 1.26. The molecule has 0 bridgehead atoms. The largest absolute Gasteiger partial charge is 0.496 e. The molecule has 0 spiro atoms. The van der Waals surface area contributed by atoms with E-state index in [4.69, 9.17) is 9.72 Å². The third-order valence-electron chi connectivity index (χ3n) is 4.71. The summed E-state index contributed by atoms with van der Waals surface area (Å²) in [6.45, 7) is -0.646. The minimum atomic E-state index is -0.628. The summed E-state index contributed by atoms with van der Waals surface area (Å²) in [6.07, 6.45) is 0.397. The molecular weight excluding hydrogens is 375 g/mol. The molecule has 0 unspecified atom stereocenters. The number of nitrogens with zero attached hydrogens (tertiary/aromatic N) is 2. The van der Waals surface area contributed by atoms with Gasteiger partial charge in [0.25, 0.3) is 5.56 Å². The Morgan fingerprint density at radius 3 is 2.61 bits per heavy atom. The van der Waals surface area contributed by atoms with E-state index in [9.17, 15) is 9.18 Å². The van der Waals surface area contributed by atoms with Crippen LogP contribution in [0.25, 0.3) is 21.3 Å². The monoisotopic (exact) mass is 394 g/mol.